The summed E-state index contributed by atoms with van der Waals surface area (Å²) in [5.74, 6) is 1.03. The van der Waals surface area contributed by atoms with Crippen LogP contribution in [-0.4, -0.2) is 65.2 Å². The van der Waals surface area contributed by atoms with E-state index in [0.717, 1.165) is 73.2 Å². The summed E-state index contributed by atoms with van der Waals surface area (Å²) in [6.07, 6.45) is 3.37. The average Bonchev–Trinajstić information content (AvgIpc) is 3.20. The van der Waals surface area contributed by atoms with Crippen molar-refractivity contribution in [1.82, 2.24) is 20.0 Å². The maximum Gasteiger partial charge on any atom is 0.263 e. The maximum atomic E-state index is 13.3. The molecule has 2 aromatic heterocycles. The van der Waals surface area contributed by atoms with E-state index >= 15 is 0 Å². The van der Waals surface area contributed by atoms with Crippen LogP contribution >= 0.6 is 11.6 Å². The molecule has 4 heterocycles. The number of amides is 1. The van der Waals surface area contributed by atoms with Crippen molar-refractivity contribution in [1.29, 1.82) is 0 Å². The number of carbonyl (C=O) groups excluding carboxylic acids is 1. The Labute approximate surface area is 185 Å². The molecule has 0 radical (unpaired) electrons. The van der Waals surface area contributed by atoms with Gasteiger partial charge < -0.3 is 19.2 Å². The van der Waals surface area contributed by atoms with Crippen LogP contribution in [0, 0.1) is 12.8 Å². The molecule has 2 fully saturated rings. The van der Waals surface area contributed by atoms with Gasteiger partial charge in [-0.1, -0.05) is 16.8 Å². The second kappa shape index (κ2) is 8.34. The summed E-state index contributed by atoms with van der Waals surface area (Å²) in [5.41, 5.74) is 2.42. The lowest BCUT2D eigenvalue weighted by atomic mass is 9.96. The summed E-state index contributed by atoms with van der Waals surface area (Å²) in [5, 5.41) is 5.60. The van der Waals surface area contributed by atoms with Crippen LogP contribution in [0.5, 0.6) is 0 Å². The third-order valence-corrected chi connectivity index (χ3v) is 6.53. The normalized spacial score (nSPS) is 19.8. The second-order valence-electron chi connectivity index (χ2n) is 8.22. The number of anilines is 2. The van der Waals surface area contributed by atoms with E-state index in [0.29, 0.717) is 12.3 Å². The van der Waals surface area contributed by atoms with Gasteiger partial charge in [-0.3, -0.25) is 4.79 Å². The number of benzene rings is 1. The molecule has 9 heteroatoms. The van der Waals surface area contributed by atoms with Gasteiger partial charge in [0.1, 0.15) is 17.5 Å². The minimum Gasteiger partial charge on any atom is -0.368 e. The molecule has 1 amide bonds. The molecule has 1 unspecified atom stereocenters. The zero-order valence-electron chi connectivity index (χ0n) is 17.5. The van der Waals surface area contributed by atoms with Crippen molar-refractivity contribution in [3.63, 3.8) is 0 Å². The van der Waals surface area contributed by atoms with E-state index < -0.39 is 0 Å². The first-order valence-corrected chi connectivity index (χ1v) is 11.1. The zero-order chi connectivity index (χ0) is 21.4. The highest BCUT2D eigenvalue weighted by molar-refractivity contribution is 6.30. The highest BCUT2D eigenvalue weighted by atomic mass is 35.5. The predicted octanol–water partition coefficient (Wildman–Crippen LogP) is 3.14. The van der Waals surface area contributed by atoms with E-state index in [1.54, 1.807) is 0 Å². The molecule has 1 atom stereocenters. The Morgan fingerprint density at radius 3 is 2.61 bits per heavy atom. The Morgan fingerprint density at radius 2 is 1.84 bits per heavy atom. The van der Waals surface area contributed by atoms with Gasteiger partial charge in [0, 0.05) is 50.0 Å². The average molecular weight is 441 g/mol. The maximum absolute atomic E-state index is 13.3. The Kier molecular flexibility index (Phi) is 5.40. The molecule has 162 valence electrons. The highest BCUT2D eigenvalue weighted by Crippen LogP contribution is 2.30. The van der Waals surface area contributed by atoms with Crippen LogP contribution in [0.4, 0.5) is 11.5 Å². The first-order chi connectivity index (χ1) is 15.1. The number of piperazine rings is 1. The molecule has 31 heavy (non-hydrogen) atoms. The summed E-state index contributed by atoms with van der Waals surface area (Å²) in [7, 11) is 0. The molecule has 0 spiro atoms. The molecule has 0 saturated carbocycles. The smallest absolute Gasteiger partial charge is 0.263 e. The van der Waals surface area contributed by atoms with Crippen molar-refractivity contribution < 1.29 is 9.32 Å². The van der Waals surface area contributed by atoms with Gasteiger partial charge in [0.25, 0.3) is 5.71 Å². The molecule has 0 bridgehead atoms. The summed E-state index contributed by atoms with van der Waals surface area (Å²) < 4.78 is 5.29. The number of piperidine rings is 1. The fraction of sp³-hybridized carbons (Fsp3) is 0.455. The van der Waals surface area contributed by atoms with Crippen molar-refractivity contribution >= 4 is 40.1 Å². The van der Waals surface area contributed by atoms with E-state index in [1.807, 2.05) is 36.1 Å². The molecule has 3 aromatic rings. The standard InChI is InChI=1S/C22H25ClN6O2/c1-15-19-20(24-14-25-21(19)31-26-15)29-8-2-3-16(13-29)22(30)28-11-9-27(10-12-28)18-6-4-17(23)5-7-18/h4-7,14,16H,2-3,8-13H2,1H3. The Balaban J connectivity index is 1.25. The molecule has 2 saturated heterocycles. The number of hydrogen-bond acceptors (Lipinski definition) is 7. The second-order valence-corrected chi connectivity index (χ2v) is 8.66. The number of aryl methyl sites for hydroxylation is 1. The van der Waals surface area contributed by atoms with Crippen LogP contribution in [0.1, 0.15) is 18.5 Å². The van der Waals surface area contributed by atoms with Gasteiger partial charge in [0.05, 0.1) is 11.6 Å². The first-order valence-electron chi connectivity index (χ1n) is 10.7. The SMILES string of the molecule is Cc1noc2ncnc(N3CCCC(C(=O)N4CCN(c5ccc(Cl)cc5)CC4)C3)c12. The Hall–Kier alpha value is -2.87. The van der Waals surface area contributed by atoms with Gasteiger partial charge in [-0.15, -0.1) is 0 Å². The highest BCUT2D eigenvalue weighted by Gasteiger charge is 2.32. The van der Waals surface area contributed by atoms with Gasteiger partial charge in [-0.25, -0.2) is 4.98 Å². The monoisotopic (exact) mass is 440 g/mol. The van der Waals surface area contributed by atoms with E-state index in [9.17, 15) is 4.79 Å². The Bertz CT molecular complexity index is 1080. The lowest BCUT2D eigenvalue weighted by Gasteiger charge is -2.40. The summed E-state index contributed by atoms with van der Waals surface area (Å²) in [6.45, 7) is 6.55. The summed E-state index contributed by atoms with van der Waals surface area (Å²) in [4.78, 5) is 28.5. The summed E-state index contributed by atoms with van der Waals surface area (Å²) >= 11 is 6.00. The van der Waals surface area contributed by atoms with Crippen molar-refractivity contribution in [2.24, 2.45) is 5.92 Å². The summed E-state index contributed by atoms with van der Waals surface area (Å²) in [6, 6.07) is 7.89. The zero-order valence-corrected chi connectivity index (χ0v) is 18.3. The van der Waals surface area contributed by atoms with Crippen LogP contribution in [0.2, 0.25) is 5.02 Å². The van der Waals surface area contributed by atoms with E-state index in [-0.39, 0.29) is 11.8 Å². The van der Waals surface area contributed by atoms with E-state index in [4.69, 9.17) is 16.1 Å². The van der Waals surface area contributed by atoms with E-state index in [1.165, 1.54) is 6.33 Å². The lowest BCUT2D eigenvalue weighted by molar-refractivity contribution is -0.136. The minimum atomic E-state index is -0.0268. The number of hydrogen-bond donors (Lipinski definition) is 0. The fourth-order valence-electron chi connectivity index (χ4n) is 4.61. The number of aromatic nitrogens is 3. The third-order valence-electron chi connectivity index (χ3n) is 6.28. The number of nitrogens with zero attached hydrogens (tertiary/aromatic N) is 6. The van der Waals surface area contributed by atoms with Gasteiger partial charge in [-0.2, -0.15) is 4.98 Å². The van der Waals surface area contributed by atoms with Gasteiger partial charge in [0.2, 0.25) is 5.91 Å². The molecular formula is C22H25ClN6O2. The number of rotatable bonds is 3. The molecule has 5 rings (SSSR count). The molecule has 0 aliphatic carbocycles. The Morgan fingerprint density at radius 1 is 1.06 bits per heavy atom. The van der Waals surface area contributed by atoms with Crippen LogP contribution in [0.3, 0.4) is 0 Å². The van der Waals surface area contributed by atoms with Crippen molar-refractivity contribution in [2.75, 3.05) is 49.1 Å². The van der Waals surface area contributed by atoms with Crippen LogP contribution < -0.4 is 9.80 Å². The van der Waals surface area contributed by atoms with Crippen LogP contribution in [0.15, 0.2) is 35.1 Å². The minimum absolute atomic E-state index is 0.0268. The molecule has 8 nitrogen and oxygen atoms in total. The molecule has 0 N–H and O–H groups in total. The number of fused-ring (bicyclic) bond motifs is 1. The molecular weight excluding hydrogens is 416 g/mol. The van der Waals surface area contributed by atoms with Gasteiger partial charge >= 0.3 is 0 Å². The van der Waals surface area contributed by atoms with Crippen LogP contribution in [0.25, 0.3) is 11.1 Å². The number of halogens is 1. The predicted molar refractivity (Wildman–Crippen MR) is 120 cm³/mol. The molecule has 2 aliphatic heterocycles. The molecule has 1 aromatic carbocycles. The topological polar surface area (TPSA) is 78.6 Å². The van der Waals surface area contributed by atoms with Gasteiger partial charge in [0.15, 0.2) is 0 Å². The third kappa shape index (κ3) is 3.92. The quantitative estimate of drug-likeness (QED) is 0.619. The first kappa shape index (κ1) is 20.1. The van der Waals surface area contributed by atoms with Crippen molar-refractivity contribution in [3.05, 3.63) is 41.3 Å². The molecule has 2 aliphatic rings. The van der Waals surface area contributed by atoms with Crippen molar-refractivity contribution in [2.45, 2.75) is 19.8 Å². The van der Waals surface area contributed by atoms with Crippen molar-refractivity contribution in [3.8, 4) is 0 Å². The fourth-order valence-corrected chi connectivity index (χ4v) is 4.74. The number of carbonyl (C=O) groups is 1. The van der Waals surface area contributed by atoms with E-state index in [2.05, 4.69) is 24.9 Å². The largest absolute Gasteiger partial charge is 0.368 e. The van der Waals surface area contributed by atoms with Crippen LogP contribution in [-0.2, 0) is 4.79 Å². The van der Waals surface area contributed by atoms with Gasteiger partial charge in [-0.05, 0) is 44.0 Å². The lowest BCUT2D eigenvalue weighted by Crippen LogP contribution is -2.52.